The van der Waals surface area contributed by atoms with Crippen molar-refractivity contribution < 1.29 is 14.0 Å². The zero-order chi connectivity index (χ0) is 29.2. The van der Waals surface area contributed by atoms with Gasteiger partial charge in [0.15, 0.2) is 0 Å². The Morgan fingerprint density at radius 1 is 0.791 bits per heavy atom. The van der Waals surface area contributed by atoms with Crippen LogP contribution in [0.2, 0.25) is 0 Å². The molecule has 206 valence electrons. The summed E-state index contributed by atoms with van der Waals surface area (Å²) in [6.07, 6.45) is 4.01. The third kappa shape index (κ3) is 3.86. The second kappa shape index (κ2) is 9.58. The minimum absolute atomic E-state index is 0.333. The van der Waals surface area contributed by atoms with Crippen molar-refractivity contribution in [1.29, 1.82) is 0 Å². The van der Waals surface area contributed by atoms with Crippen LogP contribution in [0, 0.1) is 5.82 Å². The fourth-order valence-electron chi connectivity index (χ4n) is 6.09. The second-order valence-electron chi connectivity index (χ2n) is 10.5. The number of aromatic nitrogens is 2. The van der Waals surface area contributed by atoms with E-state index in [-0.39, 0.29) is 0 Å². The predicted molar refractivity (Wildman–Crippen MR) is 171 cm³/mol. The number of allylic oxidation sites excluding steroid dienone is 1. The van der Waals surface area contributed by atoms with Crippen molar-refractivity contribution in [2.45, 2.75) is 6.54 Å². The number of amides is 2. The predicted octanol–water partition coefficient (Wildman–Crippen LogP) is 8.86. The average Bonchev–Trinajstić information content (AvgIpc) is 3.62. The number of anilines is 1. The minimum atomic E-state index is -0.434. The van der Waals surface area contributed by atoms with Gasteiger partial charge in [0, 0.05) is 45.7 Å². The summed E-state index contributed by atoms with van der Waals surface area (Å²) in [5.41, 5.74) is 6.18. The van der Waals surface area contributed by atoms with Crippen LogP contribution in [0.3, 0.4) is 0 Å². The van der Waals surface area contributed by atoms with E-state index in [1.165, 1.54) is 24.3 Å². The van der Waals surface area contributed by atoms with E-state index in [0.29, 0.717) is 28.7 Å². The van der Waals surface area contributed by atoms with Crippen molar-refractivity contribution in [3.05, 3.63) is 133 Å². The van der Waals surface area contributed by atoms with Crippen LogP contribution < -0.4 is 4.90 Å². The van der Waals surface area contributed by atoms with Crippen molar-refractivity contribution >= 4 is 60.7 Å². The van der Waals surface area contributed by atoms with Gasteiger partial charge in [0.2, 0.25) is 0 Å². The Balaban J connectivity index is 1.30. The molecule has 7 heteroatoms. The summed E-state index contributed by atoms with van der Waals surface area (Å²) in [4.78, 5) is 33.4. The zero-order valence-corrected chi connectivity index (χ0v) is 23.6. The van der Waals surface area contributed by atoms with Gasteiger partial charge in [0.1, 0.15) is 10.8 Å². The van der Waals surface area contributed by atoms with Crippen LogP contribution in [0.25, 0.3) is 53.6 Å². The van der Waals surface area contributed by atoms with Gasteiger partial charge in [-0.3, -0.25) is 9.59 Å². The molecule has 0 spiro atoms. The van der Waals surface area contributed by atoms with Crippen LogP contribution in [0.15, 0.2) is 116 Å². The van der Waals surface area contributed by atoms with E-state index in [2.05, 4.69) is 41.6 Å². The number of halogens is 1. The number of fused-ring (bicyclic) bond motifs is 2. The van der Waals surface area contributed by atoms with Gasteiger partial charge in [0.05, 0.1) is 15.9 Å². The van der Waals surface area contributed by atoms with Gasteiger partial charge < -0.3 is 4.57 Å². The highest BCUT2D eigenvalue weighted by molar-refractivity contribution is 7.21. The first-order valence-corrected chi connectivity index (χ1v) is 14.6. The number of carbonyl (C=O) groups is 2. The number of hydrogen-bond donors (Lipinski definition) is 0. The Morgan fingerprint density at radius 3 is 2.35 bits per heavy atom. The molecule has 1 aliphatic rings. The Morgan fingerprint density at radius 2 is 1.56 bits per heavy atom. The quantitative estimate of drug-likeness (QED) is 0.151. The van der Waals surface area contributed by atoms with Gasteiger partial charge in [-0.15, -0.1) is 17.9 Å². The van der Waals surface area contributed by atoms with Gasteiger partial charge in [-0.2, -0.15) is 0 Å². The summed E-state index contributed by atoms with van der Waals surface area (Å²) in [6, 6.07) is 29.1. The monoisotopic (exact) mass is 579 g/mol. The molecule has 0 N–H and O–H groups in total. The van der Waals surface area contributed by atoms with Gasteiger partial charge in [0.25, 0.3) is 11.8 Å². The first-order chi connectivity index (χ1) is 21.0. The van der Waals surface area contributed by atoms with Crippen molar-refractivity contribution in [3.63, 3.8) is 0 Å². The third-order valence-corrected chi connectivity index (χ3v) is 9.10. The van der Waals surface area contributed by atoms with E-state index in [9.17, 15) is 14.0 Å². The average molecular weight is 580 g/mol. The van der Waals surface area contributed by atoms with Crippen molar-refractivity contribution in [2.75, 3.05) is 4.90 Å². The zero-order valence-electron chi connectivity index (χ0n) is 22.8. The number of hydrogen-bond acceptors (Lipinski definition) is 4. The third-order valence-electron chi connectivity index (χ3n) is 8.03. The molecule has 0 atom stereocenters. The number of para-hydroxylation sites is 1. The standard InChI is InChI=1S/C36H22FN3O2S/c1-2-18-39-20-29(34-38-30-8-3-4-9-32(30)43-34)28-19-21(10-17-31(28)39)24-15-16-27-33-25(24)6-5-7-26(33)35(41)40(36(27)42)23-13-11-22(37)12-14-23/h2-17,19-20H,1,18H2. The van der Waals surface area contributed by atoms with E-state index in [1.54, 1.807) is 23.5 Å². The number of benzene rings is 5. The van der Waals surface area contributed by atoms with E-state index >= 15 is 0 Å². The molecular formula is C36H22FN3O2S. The number of imide groups is 1. The minimum Gasteiger partial charge on any atom is -0.343 e. The lowest BCUT2D eigenvalue weighted by Gasteiger charge is -2.28. The molecular weight excluding hydrogens is 557 g/mol. The van der Waals surface area contributed by atoms with Crippen LogP contribution in [-0.4, -0.2) is 21.4 Å². The summed E-state index contributed by atoms with van der Waals surface area (Å²) < 4.78 is 16.9. The van der Waals surface area contributed by atoms with Gasteiger partial charge in [-0.05, 0) is 77.2 Å². The number of carbonyl (C=O) groups excluding carboxylic acids is 2. The maximum Gasteiger partial charge on any atom is 0.265 e. The first kappa shape index (κ1) is 25.3. The lowest BCUT2D eigenvalue weighted by atomic mass is 9.88. The maximum atomic E-state index is 13.7. The molecule has 5 aromatic carbocycles. The molecule has 2 amide bonds. The summed E-state index contributed by atoms with van der Waals surface area (Å²) in [5, 5.41) is 3.46. The highest BCUT2D eigenvalue weighted by Crippen LogP contribution is 2.41. The van der Waals surface area contributed by atoms with Crippen LogP contribution in [-0.2, 0) is 6.54 Å². The molecule has 3 heterocycles. The van der Waals surface area contributed by atoms with Crippen molar-refractivity contribution in [1.82, 2.24) is 9.55 Å². The molecule has 0 fully saturated rings. The van der Waals surface area contributed by atoms with Crippen LogP contribution in [0.1, 0.15) is 20.7 Å². The maximum absolute atomic E-state index is 13.7. The van der Waals surface area contributed by atoms with Gasteiger partial charge >= 0.3 is 0 Å². The lowest BCUT2D eigenvalue weighted by molar-refractivity contribution is 0.0893. The second-order valence-corrected chi connectivity index (χ2v) is 11.5. The summed E-state index contributed by atoms with van der Waals surface area (Å²) >= 11 is 1.66. The molecule has 0 bridgehead atoms. The molecule has 0 unspecified atom stereocenters. The lowest BCUT2D eigenvalue weighted by Crippen LogP contribution is -2.40. The molecule has 1 aliphatic heterocycles. The molecule has 0 saturated carbocycles. The molecule has 5 nitrogen and oxygen atoms in total. The van der Waals surface area contributed by atoms with Crippen molar-refractivity contribution in [2.24, 2.45) is 0 Å². The van der Waals surface area contributed by atoms with Gasteiger partial charge in [-0.1, -0.05) is 42.5 Å². The Hall–Kier alpha value is -5.40. The Kier molecular flexibility index (Phi) is 5.64. The van der Waals surface area contributed by atoms with Crippen molar-refractivity contribution in [3.8, 4) is 21.7 Å². The molecule has 2 aromatic heterocycles. The smallest absolute Gasteiger partial charge is 0.265 e. The molecule has 0 saturated heterocycles. The van der Waals surface area contributed by atoms with Crippen LogP contribution in [0.4, 0.5) is 10.1 Å². The highest BCUT2D eigenvalue weighted by atomic mass is 32.1. The highest BCUT2D eigenvalue weighted by Gasteiger charge is 2.34. The van der Waals surface area contributed by atoms with E-state index < -0.39 is 17.6 Å². The summed E-state index contributed by atoms with van der Waals surface area (Å²) in [5.74, 6) is -1.29. The molecule has 8 rings (SSSR count). The summed E-state index contributed by atoms with van der Waals surface area (Å²) in [6.45, 7) is 4.60. The molecule has 0 radical (unpaired) electrons. The fraction of sp³-hybridized carbons (Fsp3) is 0.0278. The first-order valence-electron chi connectivity index (χ1n) is 13.8. The Bertz CT molecular complexity index is 2240. The summed E-state index contributed by atoms with van der Waals surface area (Å²) in [7, 11) is 0. The van der Waals surface area contributed by atoms with E-state index in [1.807, 2.05) is 42.5 Å². The number of rotatable bonds is 5. The molecule has 0 aliphatic carbocycles. The number of thiazole rings is 1. The normalized spacial score (nSPS) is 13.0. The SMILES string of the molecule is C=CCn1cc(-c2nc3ccccc3s2)c2cc(-c3ccc4c5c(cccc35)C(=O)N(c3ccc(F)cc3)C4=O)ccc21. The molecule has 7 aromatic rings. The molecule has 43 heavy (non-hydrogen) atoms. The van der Waals surface area contributed by atoms with Crippen LogP contribution in [0.5, 0.6) is 0 Å². The van der Waals surface area contributed by atoms with Gasteiger partial charge in [-0.25, -0.2) is 14.3 Å². The van der Waals surface area contributed by atoms with Crippen LogP contribution >= 0.6 is 11.3 Å². The largest absolute Gasteiger partial charge is 0.343 e. The Labute approximate surface area is 249 Å². The topological polar surface area (TPSA) is 55.2 Å². The van der Waals surface area contributed by atoms with E-state index in [0.717, 1.165) is 53.1 Å². The fourth-order valence-corrected chi connectivity index (χ4v) is 7.08. The van der Waals surface area contributed by atoms with E-state index in [4.69, 9.17) is 4.98 Å². The number of nitrogens with zero attached hydrogens (tertiary/aromatic N) is 3.